The number of benzene rings is 2. The van der Waals surface area contributed by atoms with Gasteiger partial charge in [0, 0.05) is 5.57 Å². The second-order valence-corrected chi connectivity index (χ2v) is 7.41. The first-order chi connectivity index (χ1) is 11.1. The van der Waals surface area contributed by atoms with E-state index in [0.29, 0.717) is 6.42 Å². The van der Waals surface area contributed by atoms with Gasteiger partial charge in [0.25, 0.3) is 0 Å². The Morgan fingerprint density at radius 1 is 1.09 bits per heavy atom. The topological polar surface area (TPSA) is 26.3 Å². The van der Waals surface area contributed by atoms with Crippen molar-refractivity contribution >= 4 is 22.4 Å². The summed E-state index contributed by atoms with van der Waals surface area (Å²) < 4.78 is 4.79. The van der Waals surface area contributed by atoms with Crippen molar-refractivity contribution in [2.75, 3.05) is 12.9 Å². The van der Waals surface area contributed by atoms with Crippen LogP contribution in [0.5, 0.6) is 0 Å². The lowest BCUT2D eigenvalue weighted by Gasteiger charge is -2.06. The number of esters is 1. The van der Waals surface area contributed by atoms with Crippen LogP contribution in [0.25, 0.3) is 5.57 Å². The summed E-state index contributed by atoms with van der Waals surface area (Å²) in [7, 11) is 1.33. The molecule has 0 aliphatic heterocycles. The van der Waals surface area contributed by atoms with E-state index in [9.17, 15) is 4.79 Å². The number of methoxy groups -OCH3 is 1. The molecule has 1 atom stereocenters. The van der Waals surface area contributed by atoms with Crippen LogP contribution < -0.4 is 0 Å². The van der Waals surface area contributed by atoms with Gasteiger partial charge in [-0.3, -0.25) is 4.79 Å². The SMILES string of the molecule is COC(=O)CC[S+](/C=C(\C)c1ccccc1)c1ccc(C)cc1. The molecule has 0 heterocycles. The highest BCUT2D eigenvalue weighted by atomic mass is 32.2. The third-order valence-corrected chi connectivity index (χ3v) is 5.79. The molecule has 1 unspecified atom stereocenters. The van der Waals surface area contributed by atoms with Crippen LogP contribution in [-0.2, 0) is 20.4 Å². The number of carbonyl (C=O) groups is 1. The Hall–Kier alpha value is -2.00. The molecule has 0 radical (unpaired) electrons. The van der Waals surface area contributed by atoms with Gasteiger partial charge in [-0.15, -0.1) is 0 Å². The van der Waals surface area contributed by atoms with E-state index >= 15 is 0 Å². The van der Waals surface area contributed by atoms with Crippen molar-refractivity contribution < 1.29 is 9.53 Å². The van der Waals surface area contributed by atoms with E-state index in [4.69, 9.17) is 4.74 Å². The van der Waals surface area contributed by atoms with Crippen molar-refractivity contribution in [2.24, 2.45) is 0 Å². The van der Waals surface area contributed by atoms with E-state index in [-0.39, 0.29) is 16.9 Å². The monoisotopic (exact) mass is 327 g/mol. The Bertz CT molecular complexity index is 660. The molecule has 0 bridgehead atoms. The lowest BCUT2D eigenvalue weighted by Crippen LogP contribution is -2.11. The van der Waals surface area contributed by atoms with E-state index in [1.54, 1.807) is 0 Å². The minimum absolute atomic E-state index is 0.112. The lowest BCUT2D eigenvalue weighted by atomic mass is 10.1. The molecule has 0 fully saturated rings. The molecule has 0 aliphatic rings. The summed E-state index contributed by atoms with van der Waals surface area (Å²) >= 11 is 0. The quantitative estimate of drug-likeness (QED) is 0.573. The van der Waals surface area contributed by atoms with Gasteiger partial charge in [0.05, 0.1) is 24.4 Å². The van der Waals surface area contributed by atoms with Gasteiger partial charge in [-0.2, -0.15) is 0 Å². The summed E-state index contributed by atoms with van der Waals surface area (Å²) in [6, 6.07) is 18.9. The van der Waals surface area contributed by atoms with Crippen LogP contribution in [0.4, 0.5) is 0 Å². The van der Waals surface area contributed by atoms with Crippen LogP contribution in [0.1, 0.15) is 24.5 Å². The zero-order valence-corrected chi connectivity index (χ0v) is 14.7. The molecule has 0 aliphatic carbocycles. The number of rotatable bonds is 6. The maximum Gasteiger partial charge on any atom is 0.310 e. The fraction of sp³-hybridized carbons (Fsp3) is 0.250. The van der Waals surface area contributed by atoms with Crippen LogP contribution in [0.3, 0.4) is 0 Å². The Balaban J connectivity index is 2.25. The first kappa shape index (κ1) is 17.4. The lowest BCUT2D eigenvalue weighted by molar-refractivity contribution is -0.140. The highest BCUT2D eigenvalue weighted by Gasteiger charge is 2.22. The average molecular weight is 327 g/mol. The first-order valence-corrected chi connectivity index (χ1v) is 9.13. The second-order valence-electron chi connectivity index (χ2n) is 5.44. The summed E-state index contributed by atoms with van der Waals surface area (Å²) in [6.07, 6.45) is 0.437. The second kappa shape index (κ2) is 8.59. The maximum absolute atomic E-state index is 11.5. The van der Waals surface area contributed by atoms with Gasteiger partial charge in [-0.1, -0.05) is 48.0 Å². The molecule has 0 amide bonds. The van der Waals surface area contributed by atoms with Crippen LogP contribution in [0, 0.1) is 6.92 Å². The van der Waals surface area contributed by atoms with E-state index in [0.717, 1.165) is 5.75 Å². The normalized spacial score (nSPS) is 12.7. The molecular weight excluding hydrogens is 304 g/mol. The molecule has 0 saturated carbocycles. The Labute approximate surface area is 141 Å². The Morgan fingerprint density at radius 2 is 1.74 bits per heavy atom. The summed E-state index contributed by atoms with van der Waals surface area (Å²) in [6.45, 7) is 4.21. The predicted octanol–water partition coefficient (Wildman–Crippen LogP) is 4.60. The van der Waals surface area contributed by atoms with Gasteiger partial charge in [0.1, 0.15) is 11.2 Å². The van der Waals surface area contributed by atoms with Gasteiger partial charge in [-0.05, 0) is 31.5 Å². The first-order valence-electron chi connectivity index (χ1n) is 7.67. The van der Waals surface area contributed by atoms with Crippen molar-refractivity contribution in [3.63, 3.8) is 0 Å². The smallest absolute Gasteiger partial charge is 0.310 e. The fourth-order valence-electron chi connectivity index (χ4n) is 2.24. The Morgan fingerprint density at radius 3 is 2.35 bits per heavy atom. The van der Waals surface area contributed by atoms with Gasteiger partial charge in [0.2, 0.25) is 0 Å². The van der Waals surface area contributed by atoms with E-state index in [2.05, 4.69) is 55.7 Å². The summed E-state index contributed by atoms with van der Waals surface area (Å²) in [5.41, 5.74) is 3.70. The molecule has 2 aromatic carbocycles. The molecular formula is C20H23O2S+. The standard InChI is InChI=1S/C20H23O2S/c1-16-9-11-19(12-10-16)23(14-13-20(21)22-3)15-17(2)18-7-5-4-6-8-18/h4-12,15H,13-14H2,1-3H3/q+1/b17-15+. The number of aryl methyl sites for hydroxylation is 1. The van der Waals surface area contributed by atoms with Crippen LogP contribution >= 0.6 is 0 Å². The average Bonchev–Trinajstić information content (AvgIpc) is 2.59. The number of hydrogen-bond donors (Lipinski definition) is 0. The molecule has 2 nitrogen and oxygen atoms in total. The third kappa shape index (κ3) is 5.29. The van der Waals surface area contributed by atoms with Gasteiger partial charge in [-0.25, -0.2) is 0 Å². The molecule has 0 aromatic heterocycles. The molecule has 3 heteroatoms. The van der Waals surface area contributed by atoms with E-state index in [1.165, 1.54) is 28.7 Å². The summed E-state index contributed by atoms with van der Waals surface area (Å²) in [4.78, 5) is 12.8. The van der Waals surface area contributed by atoms with Crippen LogP contribution in [0.15, 0.2) is 64.9 Å². The molecule has 0 spiro atoms. The Kier molecular flexibility index (Phi) is 6.48. The van der Waals surface area contributed by atoms with Crippen LogP contribution in [-0.4, -0.2) is 18.8 Å². The van der Waals surface area contributed by atoms with E-state index in [1.807, 2.05) is 18.2 Å². The molecule has 0 saturated heterocycles. The van der Waals surface area contributed by atoms with E-state index < -0.39 is 0 Å². The molecule has 2 rings (SSSR count). The number of carbonyl (C=O) groups excluding carboxylic acids is 1. The van der Waals surface area contributed by atoms with Gasteiger partial charge < -0.3 is 4.74 Å². The number of hydrogen-bond acceptors (Lipinski definition) is 2. The molecule has 23 heavy (non-hydrogen) atoms. The predicted molar refractivity (Wildman–Crippen MR) is 98.4 cm³/mol. The van der Waals surface area contributed by atoms with Crippen molar-refractivity contribution in [2.45, 2.75) is 25.2 Å². The highest BCUT2D eigenvalue weighted by Crippen LogP contribution is 2.23. The van der Waals surface area contributed by atoms with Crippen LogP contribution in [0.2, 0.25) is 0 Å². The zero-order valence-electron chi connectivity index (χ0n) is 13.9. The number of ether oxygens (including phenoxy) is 1. The van der Waals surface area contributed by atoms with Crippen molar-refractivity contribution in [1.82, 2.24) is 0 Å². The largest absolute Gasteiger partial charge is 0.469 e. The van der Waals surface area contributed by atoms with Gasteiger partial charge >= 0.3 is 5.97 Å². The minimum Gasteiger partial charge on any atom is -0.469 e. The summed E-state index contributed by atoms with van der Waals surface area (Å²) in [5.74, 6) is 0.625. The third-order valence-electron chi connectivity index (χ3n) is 3.63. The maximum atomic E-state index is 11.5. The minimum atomic E-state index is -0.152. The zero-order chi connectivity index (χ0) is 16.7. The van der Waals surface area contributed by atoms with Crippen molar-refractivity contribution in [3.05, 3.63) is 71.1 Å². The molecule has 2 aromatic rings. The van der Waals surface area contributed by atoms with Crippen molar-refractivity contribution in [3.8, 4) is 0 Å². The molecule has 0 N–H and O–H groups in total. The fourth-order valence-corrected chi connectivity index (χ4v) is 4.16. The van der Waals surface area contributed by atoms with Gasteiger partial charge in [0.15, 0.2) is 4.90 Å². The molecule has 120 valence electrons. The number of allylic oxidation sites excluding steroid dienone is 1. The summed E-state index contributed by atoms with van der Waals surface area (Å²) in [5, 5.41) is 2.28. The highest BCUT2D eigenvalue weighted by molar-refractivity contribution is 7.99. The van der Waals surface area contributed by atoms with Crippen molar-refractivity contribution in [1.29, 1.82) is 0 Å².